The molecule has 1 aliphatic rings. The second-order valence-corrected chi connectivity index (χ2v) is 9.89. The number of aliphatic hydroxyl groups is 1. The highest BCUT2D eigenvalue weighted by Gasteiger charge is 2.33. The molecule has 0 bridgehead atoms. The molecule has 0 radical (unpaired) electrons. The van der Waals surface area contributed by atoms with Crippen molar-refractivity contribution in [1.82, 2.24) is 24.8 Å². The molecule has 0 unspecified atom stereocenters. The number of hydroxylamine groups is 2. The molecular formula is C23H25N5O4S. The monoisotopic (exact) mass is 467 g/mol. The summed E-state index contributed by atoms with van der Waals surface area (Å²) in [5, 5.41) is 16.9. The largest absolute Gasteiger partial charge is 0.389 e. The molecule has 1 fully saturated rings. The normalized spacial score (nSPS) is 16.5. The van der Waals surface area contributed by atoms with Crippen molar-refractivity contribution in [1.29, 1.82) is 0 Å². The minimum atomic E-state index is -0.747. The lowest BCUT2D eigenvalue weighted by Gasteiger charge is -2.15. The third-order valence-electron chi connectivity index (χ3n) is 5.75. The summed E-state index contributed by atoms with van der Waals surface area (Å²) >= 11 is 1.43. The number of β-amino-alcohol motifs (C(OH)–C–C–N with tert-alkyl or cyclic N) is 1. The number of nitrogens with one attached hydrogen (secondary N) is 1. The van der Waals surface area contributed by atoms with E-state index in [0.29, 0.717) is 29.7 Å². The van der Waals surface area contributed by atoms with E-state index in [1.54, 1.807) is 13.2 Å². The molecule has 1 aliphatic heterocycles. The van der Waals surface area contributed by atoms with Gasteiger partial charge in [0.15, 0.2) is 0 Å². The number of pyridine rings is 1. The Morgan fingerprint density at radius 2 is 2.24 bits per heavy atom. The maximum Gasteiger partial charge on any atom is 0.279 e. The van der Waals surface area contributed by atoms with Gasteiger partial charge in [-0.1, -0.05) is 13.8 Å². The van der Waals surface area contributed by atoms with Crippen LogP contribution in [0.5, 0.6) is 0 Å². The Balaban J connectivity index is 1.72. The fraction of sp³-hybridized carbons (Fsp3) is 0.391. The molecule has 0 aliphatic carbocycles. The van der Waals surface area contributed by atoms with Gasteiger partial charge in [0.2, 0.25) is 0 Å². The Bertz CT molecular complexity index is 1420. The zero-order valence-corrected chi connectivity index (χ0v) is 19.5. The standard InChI is InChI=1S/C23H25N5O4S/c1-12(2)7-16-20-19(22(30)27(3)26-16)18(23(31)28-10-14(29)11-32-28)17(33-20)8-13-9-25-21-15(13)5-4-6-24-21/h4-6,9,12,14,29H,7-8,10-11H2,1-3H3,(H,24,25)/t14-/m0/s1. The van der Waals surface area contributed by atoms with Gasteiger partial charge in [-0.25, -0.2) is 14.7 Å². The quantitative estimate of drug-likeness (QED) is 0.466. The highest BCUT2D eigenvalue weighted by molar-refractivity contribution is 7.19. The van der Waals surface area contributed by atoms with Crippen LogP contribution in [0.25, 0.3) is 21.1 Å². The van der Waals surface area contributed by atoms with Crippen molar-refractivity contribution in [3.8, 4) is 0 Å². The summed E-state index contributed by atoms with van der Waals surface area (Å²) in [4.78, 5) is 40.5. The number of thiophene rings is 1. The van der Waals surface area contributed by atoms with Gasteiger partial charge < -0.3 is 10.1 Å². The van der Waals surface area contributed by atoms with E-state index in [1.807, 2.05) is 18.3 Å². The van der Waals surface area contributed by atoms with Gasteiger partial charge in [-0.3, -0.25) is 14.4 Å². The van der Waals surface area contributed by atoms with E-state index in [9.17, 15) is 14.7 Å². The number of amides is 1. The number of H-pyrrole nitrogens is 1. The van der Waals surface area contributed by atoms with Gasteiger partial charge in [0, 0.05) is 36.1 Å². The van der Waals surface area contributed by atoms with E-state index in [4.69, 9.17) is 4.84 Å². The molecule has 2 N–H and O–H groups in total. The van der Waals surface area contributed by atoms with Gasteiger partial charge in [0.05, 0.1) is 27.9 Å². The number of carbonyl (C=O) groups excluding carboxylic acids is 1. The zero-order chi connectivity index (χ0) is 23.3. The SMILES string of the molecule is CC(C)Cc1nn(C)c(=O)c2c(C(=O)N3C[C@H](O)CO3)c(Cc3c[nH]c4ncccc34)sc12. The average molecular weight is 468 g/mol. The summed E-state index contributed by atoms with van der Waals surface area (Å²) in [6.07, 6.45) is 4.00. The van der Waals surface area contributed by atoms with Crippen LogP contribution in [0.2, 0.25) is 0 Å². The Morgan fingerprint density at radius 1 is 1.42 bits per heavy atom. The Morgan fingerprint density at radius 3 is 2.97 bits per heavy atom. The fourth-order valence-electron chi connectivity index (χ4n) is 4.26. The van der Waals surface area contributed by atoms with E-state index >= 15 is 0 Å². The van der Waals surface area contributed by atoms with Gasteiger partial charge in [-0.2, -0.15) is 5.10 Å². The number of fused-ring (bicyclic) bond motifs is 2. The molecule has 0 saturated carbocycles. The summed E-state index contributed by atoms with van der Waals surface area (Å²) in [6.45, 7) is 4.31. The van der Waals surface area contributed by atoms with E-state index in [1.165, 1.54) is 16.0 Å². The van der Waals surface area contributed by atoms with Crippen molar-refractivity contribution in [3.63, 3.8) is 0 Å². The van der Waals surface area contributed by atoms with Gasteiger partial charge in [-0.15, -0.1) is 11.3 Å². The van der Waals surface area contributed by atoms with Crippen molar-refractivity contribution in [2.75, 3.05) is 13.2 Å². The Kier molecular flexibility index (Phi) is 5.51. The number of carbonyl (C=O) groups is 1. The summed E-state index contributed by atoms with van der Waals surface area (Å²) in [7, 11) is 1.61. The number of aryl methyl sites for hydroxylation is 1. The molecule has 1 saturated heterocycles. The van der Waals surface area contributed by atoms with Gasteiger partial charge in [0.1, 0.15) is 18.4 Å². The van der Waals surface area contributed by atoms with Crippen molar-refractivity contribution in [2.45, 2.75) is 32.8 Å². The lowest BCUT2D eigenvalue weighted by atomic mass is 10.0. The summed E-state index contributed by atoms with van der Waals surface area (Å²) < 4.78 is 2.05. The van der Waals surface area contributed by atoms with Gasteiger partial charge in [0.25, 0.3) is 11.5 Å². The van der Waals surface area contributed by atoms with Crippen LogP contribution in [-0.2, 0) is 24.7 Å². The molecule has 9 nitrogen and oxygen atoms in total. The highest BCUT2D eigenvalue weighted by Crippen LogP contribution is 2.35. The van der Waals surface area contributed by atoms with Crippen molar-refractivity contribution in [2.24, 2.45) is 13.0 Å². The molecule has 10 heteroatoms. The number of aromatic nitrogens is 4. The molecule has 4 aromatic rings. The molecule has 1 atom stereocenters. The first-order chi connectivity index (χ1) is 15.8. The van der Waals surface area contributed by atoms with E-state index in [0.717, 1.165) is 36.9 Å². The fourth-order valence-corrected chi connectivity index (χ4v) is 5.56. The molecule has 4 aromatic heterocycles. The maximum absolute atomic E-state index is 13.6. The smallest absolute Gasteiger partial charge is 0.279 e. The molecular weight excluding hydrogens is 442 g/mol. The molecule has 172 valence electrons. The van der Waals surface area contributed by atoms with Crippen LogP contribution in [0.3, 0.4) is 0 Å². The van der Waals surface area contributed by atoms with E-state index in [2.05, 4.69) is 28.9 Å². The minimum Gasteiger partial charge on any atom is -0.389 e. The molecule has 5 rings (SSSR count). The predicted molar refractivity (Wildman–Crippen MR) is 125 cm³/mol. The second-order valence-electron chi connectivity index (χ2n) is 8.78. The zero-order valence-electron chi connectivity index (χ0n) is 18.7. The number of rotatable bonds is 5. The Labute approximate surface area is 193 Å². The predicted octanol–water partition coefficient (Wildman–Crippen LogP) is 2.41. The van der Waals surface area contributed by atoms with Crippen LogP contribution in [0.15, 0.2) is 29.3 Å². The molecule has 0 spiro atoms. The summed E-state index contributed by atoms with van der Waals surface area (Å²) in [5.41, 5.74) is 2.57. The Hall–Kier alpha value is -3.08. The van der Waals surface area contributed by atoms with Crippen molar-refractivity contribution < 1.29 is 14.7 Å². The van der Waals surface area contributed by atoms with Crippen molar-refractivity contribution in [3.05, 3.63) is 56.6 Å². The molecule has 5 heterocycles. The molecule has 33 heavy (non-hydrogen) atoms. The number of hydrogen-bond donors (Lipinski definition) is 2. The topological polar surface area (TPSA) is 113 Å². The number of hydrogen-bond acceptors (Lipinski definition) is 7. The maximum atomic E-state index is 13.6. The van der Waals surface area contributed by atoms with Gasteiger partial charge in [-0.05, 0) is 30.0 Å². The van der Waals surface area contributed by atoms with Crippen LogP contribution in [0, 0.1) is 5.92 Å². The first kappa shape index (κ1) is 21.7. The van der Waals surface area contributed by atoms with Gasteiger partial charge >= 0.3 is 0 Å². The van der Waals surface area contributed by atoms with Crippen LogP contribution in [0.4, 0.5) is 0 Å². The summed E-state index contributed by atoms with van der Waals surface area (Å²) in [5.74, 6) is -0.0794. The van der Waals surface area contributed by atoms with Crippen LogP contribution < -0.4 is 5.56 Å². The lowest BCUT2D eigenvalue weighted by molar-refractivity contribution is -0.0778. The molecule has 0 aromatic carbocycles. The summed E-state index contributed by atoms with van der Waals surface area (Å²) in [6, 6.07) is 3.85. The second kappa shape index (κ2) is 8.36. The number of aromatic amines is 1. The third kappa shape index (κ3) is 3.84. The first-order valence-corrected chi connectivity index (χ1v) is 11.7. The van der Waals surface area contributed by atoms with Crippen LogP contribution in [0.1, 0.15) is 40.3 Å². The van der Waals surface area contributed by atoms with E-state index < -0.39 is 12.0 Å². The van der Waals surface area contributed by atoms with Crippen molar-refractivity contribution >= 4 is 38.4 Å². The lowest BCUT2D eigenvalue weighted by Crippen LogP contribution is -2.30. The molecule has 1 amide bonds. The third-order valence-corrected chi connectivity index (χ3v) is 6.99. The minimum absolute atomic E-state index is 0.0510. The van der Waals surface area contributed by atoms with Crippen LogP contribution in [-0.4, -0.2) is 55.1 Å². The average Bonchev–Trinajstić information content (AvgIpc) is 3.49. The highest BCUT2D eigenvalue weighted by atomic mass is 32.1. The first-order valence-electron chi connectivity index (χ1n) is 10.9. The number of nitrogens with zero attached hydrogens (tertiary/aromatic N) is 4. The number of aliphatic hydroxyl groups excluding tert-OH is 1. The van der Waals surface area contributed by atoms with Crippen LogP contribution >= 0.6 is 11.3 Å². The van der Waals surface area contributed by atoms with E-state index in [-0.39, 0.29) is 18.7 Å².